The Morgan fingerprint density at radius 1 is 1.38 bits per heavy atom. The molecule has 114 valence electrons. The van der Waals surface area contributed by atoms with E-state index in [9.17, 15) is 13.2 Å². The molecule has 1 amide bonds. The molecule has 0 unspecified atom stereocenters. The van der Waals surface area contributed by atoms with Crippen LogP contribution in [0, 0.1) is 6.92 Å². The SMILES string of the molecule is Cc1ccc2sc(C(=O)NCCCS(C)(=O)=O)c(N)c2c1. The van der Waals surface area contributed by atoms with E-state index in [1.165, 1.54) is 17.6 Å². The molecule has 1 heterocycles. The number of hydrogen-bond donors (Lipinski definition) is 2. The van der Waals surface area contributed by atoms with Gasteiger partial charge in [0.05, 0.1) is 11.4 Å². The van der Waals surface area contributed by atoms with Crippen LogP contribution in [0.1, 0.15) is 21.7 Å². The Balaban J connectivity index is 2.08. The molecule has 0 bridgehead atoms. The maximum atomic E-state index is 12.1. The number of carbonyl (C=O) groups excluding carboxylic acids is 1. The molecule has 7 heteroatoms. The molecule has 2 rings (SSSR count). The van der Waals surface area contributed by atoms with Gasteiger partial charge >= 0.3 is 0 Å². The molecule has 0 aliphatic rings. The molecule has 0 saturated carbocycles. The quantitative estimate of drug-likeness (QED) is 0.822. The third-order valence-electron chi connectivity index (χ3n) is 3.07. The van der Waals surface area contributed by atoms with Crippen molar-refractivity contribution in [1.29, 1.82) is 0 Å². The highest BCUT2D eigenvalue weighted by Gasteiger charge is 2.16. The molecule has 0 aliphatic carbocycles. The van der Waals surface area contributed by atoms with Crippen molar-refractivity contribution in [3.63, 3.8) is 0 Å². The number of rotatable bonds is 5. The van der Waals surface area contributed by atoms with E-state index in [1.54, 1.807) is 0 Å². The van der Waals surface area contributed by atoms with Gasteiger partial charge in [-0.05, 0) is 25.5 Å². The van der Waals surface area contributed by atoms with Crippen LogP contribution in [0.2, 0.25) is 0 Å². The second kappa shape index (κ2) is 6.03. The molecular weight excluding hydrogens is 308 g/mol. The number of nitrogens with two attached hydrogens (primary N) is 1. The van der Waals surface area contributed by atoms with Gasteiger partial charge in [-0.15, -0.1) is 11.3 Å². The number of carbonyl (C=O) groups is 1. The third kappa shape index (κ3) is 3.95. The molecule has 1 aromatic carbocycles. The smallest absolute Gasteiger partial charge is 0.263 e. The number of nitrogen functional groups attached to an aromatic ring is 1. The average molecular weight is 326 g/mol. The second-order valence-electron chi connectivity index (χ2n) is 5.08. The van der Waals surface area contributed by atoms with Gasteiger partial charge < -0.3 is 11.1 Å². The summed E-state index contributed by atoms with van der Waals surface area (Å²) in [6, 6.07) is 5.89. The van der Waals surface area contributed by atoms with Crippen LogP contribution in [0.25, 0.3) is 10.1 Å². The minimum absolute atomic E-state index is 0.0639. The molecule has 0 atom stereocenters. The highest BCUT2D eigenvalue weighted by Crippen LogP contribution is 2.34. The van der Waals surface area contributed by atoms with E-state index in [0.717, 1.165) is 15.6 Å². The lowest BCUT2D eigenvalue weighted by Gasteiger charge is -2.03. The Morgan fingerprint density at radius 2 is 2.10 bits per heavy atom. The first kappa shape index (κ1) is 15.8. The lowest BCUT2D eigenvalue weighted by Crippen LogP contribution is -2.25. The monoisotopic (exact) mass is 326 g/mol. The molecule has 5 nitrogen and oxygen atoms in total. The second-order valence-corrected chi connectivity index (χ2v) is 8.40. The number of amides is 1. The van der Waals surface area contributed by atoms with Crippen LogP contribution < -0.4 is 11.1 Å². The fourth-order valence-corrected chi connectivity index (χ4v) is 3.70. The number of anilines is 1. The van der Waals surface area contributed by atoms with Crippen molar-refractivity contribution in [3.8, 4) is 0 Å². The number of hydrogen-bond acceptors (Lipinski definition) is 5. The van der Waals surface area contributed by atoms with Crippen molar-refractivity contribution < 1.29 is 13.2 Å². The maximum absolute atomic E-state index is 12.1. The van der Waals surface area contributed by atoms with Gasteiger partial charge in [0.25, 0.3) is 5.91 Å². The predicted octanol–water partition coefficient (Wildman–Crippen LogP) is 1.96. The van der Waals surface area contributed by atoms with Crippen molar-refractivity contribution >= 4 is 42.9 Å². The van der Waals surface area contributed by atoms with Gasteiger partial charge in [0, 0.05) is 22.9 Å². The van der Waals surface area contributed by atoms with E-state index >= 15 is 0 Å². The lowest BCUT2D eigenvalue weighted by atomic mass is 10.1. The summed E-state index contributed by atoms with van der Waals surface area (Å²) in [4.78, 5) is 12.6. The summed E-state index contributed by atoms with van der Waals surface area (Å²) in [5, 5.41) is 3.61. The average Bonchev–Trinajstić information content (AvgIpc) is 2.71. The van der Waals surface area contributed by atoms with Gasteiger partial charge in [0.15, 0.2) is 0 Å². The summed E-state index contributed by atoms with van der Waals surface area (Å²) in [6.45, 7) is 2.29. The fourth-order valence-electron chi connectivity index (χ4n) is 2.02. The molecule has 21 heavy (non-hydrogen) atoms. The summed E-state index contributed by atoms with van der Waals surface area (Å²) < 4.78 is 23.0. The van der Waals surface area contributed by atoms with Crippen LogP contribution in [0.3, 0.4) is 0 Å². The van der Waals surface area contributed by atoms with E-state index in [2.05, 4.69) is 5.32 Å². The van der Waals surface area contributed by atoms with Gasteiger partial charge in [-0.25, -0.2) is 8.42 Å². The van der Waals surface area contributed by atoms with Gasteiger partial charge in [-0.2, -0.15) is 0 Å². The number of fused-ring (bicyclic) bond motifs is 1. The molecule has 0 saturated heterocycles. The number of thiophene rings is 1. The first-order chi connectivity index (χ1) is 9.78. The van der Waals surface area contributed by atoms with Crippen molar-refractivity contribution in [1.82, 2.24) is 5.32 Å². The third-order valence-corrected chi connectivity index (χ3v) is 5.28. The largest absolute Gasteiger partial charge is 0.397 e. The molecular formula is C14H18N2O3S2. The summed E-state index contributed by atoms with van der Waals surface area (Å²) in [5.41, 5.74) is 7.61. The zero-order valence-electron chi connectivity index (χ0n) is 12.0. The normalized spacial score (nSPS) is 11.7. The van der Waals surface area contributed by atoms with Crippen LogP contribution in [-0.2, 0) is 9.84 Å². The molecule has 2 aromatic rings. The Morgan fingerprint density at radius 3 is 2.76 bits per heavy atom. The Bertz CT molecular complexity index is 779. The van der Waals surface area contributed by atoms with Crippen LogP contribution >= 0.6 is 11.3 Å². The molecule has 0 spiro atoms. The van der Waals surface area contributed by atoms with Crippen molar-refractivity contribution in [2.24, 2.45) is 0 Å². The van der Waals surface area contributed by atoms with Gasteiger partial charge in [-0.3, -0.25) is 4.79 Å². The summed E-state index contributed by atoms with van der Waals surface area (Å²) >= 11 is 1.35. The standard InChI is InChI=1S/C14H18N2O3S2/c1-9-4-5-11-10(8-9)12(15)13(20-11)14(17)16-6-3-7-21(2,18)19/h4-5,8H,3,6-7,15H2,1-2H3,(H,16,17). The van der Waals surface area contributed by atoms with E-state index in [0.29, 0.717) is 23.5 Å². The summed E-state index contributed by atoms with van der Waals surface area (Å²) in [7, 11) is -2.99. The van der Waals surface area contributed by atoms with E-state index < -0.39 is 9.84 Å². The molecule has 0 radical (unpaired) electrons. The molecule has 3 N–H and O–H groups in total. The number of aryl methyl sites for hydroxylation is 1. The highest BCUT2D eigenvalue weighted by molar-refractivity contribution is 7.90. The van der Waals surface area contributed by atoms with Gasteiger partial charge in [0.2, 0.25) is 0 Å². The minimum Gasteiger partial charge on any atom is -0.397 e. The highest BCUT2D eigenvalue weighted by atomic mass is 32.2. The molecule has 1 aromatic heterocycles. The molecule has 0 aliphatic heterocycles. The van der Waals surface area contributed by atoms with Crippen LogP contribution in [0.4, 0.5) is 5.69 Å². The Hall–Kier alpha value is -1.60. The van der Waals surface area contributed by atoms with Crippen molar-refractivity contribution in [3.05, 3.63) is 28.6 Å². The number of benzene rings is 1. The van der Waals surface area contributed by atoms with Crippen LogP contribution in [0.5, 0.6) is 0 Å². The predicted molar refractivity (Wildman–Crippen MR) is 87.6 cm³/mol. The molecule has 0 fully saturated rings. The van der Waals surface area contributed by atoms with Crippen LogP contribution in [-0.4, -0.2) is 32.9 Å². The van der Waals surface area contributed by atoms with E-state index in [-0.39, 0.29) is 11.7 Å². The maximum Gasteiger partial charge on any atom is 0.263 e. The first-order valence-electron chi connectivity index (χ1n) is 6.52. The first-order valence-corrected chi connectivity index (χ1v) is 9.40. The number of sulfone groups is 1. The zero-order chi connectivity index (χ0) is 15.6. The van der Waals surface area contributed by atoms with E-state index in [4.69, 9.17) is 5.73 Å². The fraction of sp³-hybridized carbons (Fsp3) is 0.357. The summed E-state index contributed by atoms with van der Waals surface area (Å²) in [6.07, 6.45) is 1.58. The number of nitrogens with one attached hydrogen (secondary N) is 1. The van der Waals surface area contributed by atoms with E-state index in [1.807, 2.05) is 25.1 Å². The van der Waals surface area contributed by atoms with Gasteiger partial charge in [0.1, 0.15) is 14.7 Å². The lowest BCUT2D eigenvalue weighted by molar-refractivity contribution is 0.0958. The topological polar surface area (TPSA) is 89.3 Å². The van der Waals surface area contributed by atoms with Gasteiger partial charge in [-0.1, -0.05) is 11.6 Å². The zero-order valence-corrected chi connectivity index (χ0v) is 13.6. The summed E-state index contributed by atoms with van der Waals surface area (Å²) in [5.74, 6) is -0.186. The Labute approximate surface area is 128 Å². The Kier molecular flexibility index (Phi) is 4.53. The minimum atomic E-state index is -2.99. The van der Waals surface area contributed by atoms with Crippen molar-refractivity contribution in [2.45, 2.75) is 13.3 Å². The van der Waals surface area contributed by atoms with Crippen molar-refractivity contribution in [2.75, 3.05) is 24.3 Å². The van der Waals surface area contributed by atoms with Crippen LogP contribution in [0.15, 0.2) is 18.2 Å².